The predicted octanol–water partition coefficient (Wildman–Crippen LogP) is 1.58. The molecule has 9 nitrogen and oxygen atoms in total. The van der Waals surface area contributed by atoms with Crippen molar-refractivity contribution >= 4 is 28.9 Å². The molecule has 3 heterocycles. The minimum Gasteiger partial charge on any atom is -0.487 e. The maximum absolute atomic E-state index is 14.1. The Kier molecular flexibility index (Phi) is 3.77. The molecule has 3 aromatic rings. The second-order valence-corrected chi connectivity index (χ2v) is 6.01. The van der Waals surface area contributed by atoms with Crippen LogP contribution in [-0.2, 0) is 0 Å². The smallest absolute Gasteiger partial charge is 0.259 e. The lowest BCUT2D eigenvalue weighted by Gasteiger charge is -2.20. The Morgan fingerprint density at radius 3 is 3.04 bits per heavy atom. The van der Waals surface area contributed by atoms with Gasteiger partial charge in [-0.25, -0.2) is 13.9 Å². The van der Waals surface area contributed by atoms with E-state index < -0.39 is 17.8 Å². The zero-order chi connectivity index (χ0) is 19.1. The predicted molar refractivity (Wildman–Crippen MR) is 94.2 cm³/mol. The summed E-state index contributed by atoms with van der Waals surface area (Å²) in [5.41, 5.74) is 6.19. The fourth-order valence-corrected chi connectivity index (χ4v) is 2.83. The van der Waals surface area contributed by atoms with E-state index in [1.807, 2.05) is 6.07 Å². The van der Waals surface area contributed by atoms with Crippen molar-refractivity contribution in [3.63, 3.8) is 0 Å². The summed E-state index contributed by atoms with van der Waals surface area (Å²) in [6.07, 6.45) is 1.10. The van der Waals surface area contributed by atoms with Crippen LogP contribution in [0, 0.1) is 17.1 Å². The van der Waals surface area contributed by atoms with Crippen molar-refractivity contribution in [3.05, 3.63) is 41.3 Å². The van der Waals surface area contributed by atoms with Gasteiger partial charge < -0.3 is 21.1 Å². The second kappa shape index (κ2) is 6.14. The number of hydrogen-bond donors (Lipinski definition) is 3. The SMILES string of the molecule is C[C@H]1CNC(=O)c2c(N)nn3ccc(nc23)Nc2c(ccc(F)c2C#N)O1. The summed E-state index contributed by atoms with van der Waals surface area (Å²) < 4.78 is 21.3. The quantitative estimate of drug-likeness (QED) is 0.550. The van der Waals surface area contributed by atoms with Gasteiger partial charge in [-0.15, -0.1) is 5.10 Å². The van der Waals surface area contributed by atoms with Crippen LogP contribution in [0.3, 0.4) is 0 Å². The van der Waals surface area contributed by atoms with Crippen LogP contribution in [0.15, 0.2) is 24.4 Å². The summed E-state index contributed by atoms with van der Waals surface area (Å²) in [5.74, 6) is -0.537. The van der Waals surface area contributed by atoms with Crippen LogP contribution in [0.4, 0.5) is 21.7 Å². The van der Waals surface area contributed by atoms with Gasteiger partial charge in [0.2, 0.25) is 0 Å². The lowest BCUT2D eigenvalue weighted by molar-refractivity contribution is 0.0934. The maximum atomic E-state index is 14.1. The summed E-state index contributed by atoms with van der Waals surface area (Å²) in [6.45, 7) is 1.90. The Morgan fingerprint density at radius 2 is 2.26 bits per heavy atom. The fraction of sp³-hybridized carbons (Fsp3) is 0.176. The zero-order valence-corrected chi connectivity index (χ0v) is 14.2. The van der Waals surface area contributed by atoms with Crippen LogP contribution in [-0.4, -0.2) is 33.2 Å². The highest BCUT2D eigenvalue weighted by molar-refractivity contribution is 6.04. The molecule has 0 fully saturated rings. The van der Waals surface area contributed by atoms with E-state index >= 15 is 0 Å². The van der Waals surface area contributed by atoms with E-state index in [0.717, 1.165) is 6.07 Å². The molecule has 2 bridgehead atoms. The van der Waals surface area contributed by atoms with Crippen molar-refractivity contribution in [1.29, 1.82) is 5.26 Å². The molecular formula is C17H14FN7O2. The Bertz CT molecular complexity index is 1120. The van der Waals surface area contributed by atoms with Crippen molar-refractivity contribution in [3.8, 4) is 11.8 Å². The number of nitriles is 1. The van der Waals surface area contributed by atoms with Crippen LogP contribution in [0.1, 0.15) is 22.8 Å². The van der Waals surface area contributed by atoms with E-state index in [1.165, 1.54) is 10.6 Å². The number of carbonyl (C=O) groups excluding carboxylic acids is 1. The van der Waals surface area contributed by atoms with E-state index in [1.54, 1.807) is 19.2 Å². The summed E-state index contributed by atoms with van der Waals surface area (Å²) in [5, 5.41) is 19.1. The number of anilines is 3. The molecule has 27 heavy (non-hydrogen) atoms. The molecule has 4 rings (SSSR count). The molecule has 1 aliphatic rings. The third-order valence-electron chi connectivity index (χ3n) is 4.10. The molecule has 1 aliphatic heterocycles. The lowest BCUT2D eigenvalue weighted by atomic mass is 10.1. The summed E-state index contributed by atoms with van der Waals surface area (Å²) >= 11 is 0. The van der Waals surface area contributed by atoms with Gasteiger partial charge in [-0.3, -0.25) is 4.79 Å². The Labute approximate surface area is 152 Å². The van der Waals surface area contributed by atoms with Crippen molar-refractivity contribution in [1.82, 2.24) is 19.9 Å². The fourth-order valence-electron chi connectivity index (χ4n) is 2.83. The summed E-state index contributed by atoms with van der Waals surface area (Å²) in [6, 6.07) is 5.97. The highest BCUT2D eigenvalue weighted by Crippen LogP contribution is 2.33. The van der Waals surface area contributed by atoms with Gasteiger partial charge in [-0.1, -0.05) is 0 Å². The standard InChI is InChI=1S/C17H14FN7O2/c1-8-7-21-17(26)13-15(20)24-25-5-4-12(23-16(13)25)22-14-9(6-19)10(18)2-3-11(14)27-8/h2-5,8H,7H2,1H3,(H2,20,24)(H,21,26)(H,22,23)/t8-/m0/s1. The minimum absolute atomic E-state index is 0.0342. The third-order valence-corrected chi connectivity index (χ3v) is 4.10. The number of benzene rings is 1. The average molecular weight is 367 g/mol. The van der Waals surface area contributed by atoms with E-state index in [9.17, 15) is 14.4 Å². The van der Waals surface area contributed by atoms with Gasteiger partial charge in [0.15, 0.2) is 11.5 Å². The molecule has 0 spiro atoms. The normalized spacial score (nSPS) is 16.3. The van der Waals surface area contributed by atoms with E-state index in [-0.39, 0.29) is 46.4 Å². The molecular weight excluding hydrogens is 353 g/mol. The number of nitrogens with one attached hydrogen (secondary N) is 2. The van der Waals surface area contributed by atoms with Gasteiger partial charge in [-0.05, 0) is 25.1 Å². The van der Waals surface area contributed by atoms with Crippen molar-refractivity contribution in [2.24, 2.45) is 0 Å². The lowest BCUT2D eigenvalue weighted by Crippen LogP contribution is -2.34. The molecule has 0 radical (unpaired) electrons. The van der Waals surface area contributed by atoms with E-state index in [0.29, 0.717) is 0 Å². The van der Waals surface area contributed by atoms with Gasteiger partial charge >= 0.3 is 0 Å². The molecule has 0 unspecified atom stereocenters. The molecule has 1 atom stereocenters. The molecule has 1 amide bonds. The van der Waals surface area contributed by atoms with Crippen molar-refractivity contribution in [2.45, 2.75) is 13.0 Å². The van der Waals surface area contributed by atoms with Gasteiger partial charge in [-0.2, -0.15) is 5.26 Å². The Hall–Kier alpha value is -3.87. The third kappa shape index (κ3) is 2.75. The summed E-state index contributed by atoms with van der Waals surface area (Å²) in [7, 11) is 0. The number of rotatable bonds is 0. The number of halogens is 1. The molecule has 0 saturated carbocycles. The largest absolute Gasteiger partial charge is 0.487 e. The number of nitrogen functional groups attached to an aromatic ring is 1. The minimum atomic E-state index is -0.684. The van der Waals surface area contributed by atoms with E-state index in [2.05, 4.69) is 20.7 Å². The summed E-state index contributed by atoms with van der Waals surface area (Å²) in [4.78, 5) is 16.9. The van der Waals surface area contributed by atoms with Crippen LogP contribution in [0.2, 0.25) is 0 Å². The molecule has 1 aromatic carbocycles. The van der Waals surface area contributed by atoms with Gasteiger partial charge in [0, 0.05) is 6.20 Å². The number of fused-ring (bicyclic) bond motifs is 2. The number of amides is 1. The zero-order valence-electron chi connectivity index (χ0n) is 14.2. The van der Waals surface area contributed by atoms with Gasteiger partial charge in [0.05, 0.1) is 6.54 Å². The average Bonchev–Trinajstić information content (AvgIpc) is 2.96. The molecule has 136 valence electrons. The number of carbonyl (C=O) groups is 1. The number of nitrogens with two attached hydrogens (primary N) is 1. The van der Waals surface area contributed by atoms with Crippen molar-refractivity contribution < 1.29 is 13.9 Å². The monoisotopic (exact) mass is 367 g/mol. The number of nitrogens with zero attached hydrogens (tertiary/aromatic N) is 4. The van der Waals surface area contributed by atoms with Crippen LogP contribution in [0.25, 0.3) is 5.65 Å². The topological polar surface area (TPSA) is 130 Å². The van der Waals surface area contributed by atoms with Crippen LogP contribution >= 0.6 is 0 Å². The first-order valence-electron chi connectivity index (χ1n) is 8.07. The maximum Gasteiger partial charge on any atom is 0.259 e. The van der Waals surface area contributed by atoms with E-state index in [4.69, 9.17) is 10.5 Å². The first-order valence-corrected chi connectivity index (χ1v) is 8.07. The Morgan fingerprint density at radius 1 is 1.44 bits per heavy atom. The highest BCUT2D eigenvalue weighted by Gasteiger charge is 2.23. The first-order chi connectivity index (χ1) is 13.0. The molecule has 2 aromatic heterocycles. The van der Waals surface area contributed by atoms with Crippen LogP contribution in [0.5, 0.6) is 5.75 Å². The molecule has 10 heteroatoms. The number of aromatic nitrogens is 3. The van der Waals surface area contributed by atoms with Gasteiger partial charge in [0.25, 0.3) is 5.91 Å². The Balaban J connectivity index is 1.95. The molecule has 4 N–H and O–H groups in total. The molecule has 0 aliphatic carbocycles. The van der Waals surface area contributed by atoms with Crippen LogP contribution < -0.4 is 21.1 Å². The first kappa shape index (κ1) is 16.6. The van der Waals surface area contributed by atoms with Crippen molar-refractivity contribution in [2.75, 3.05) is 17.6 Å². The van der Waals surface area contributed by atoms with Gasteiger partial charge in [0.1, 0.15) is 46.4 Å². The highest BCUT2D eigenvalue weighted by atomic mass is 19.1. The number of ether oxygens (including phenoxy) is 1. The second-order valence-electron chi connectivity index (χ2n) is 6.01. The number of hydrogen-bond acceptors (Lipinski definition) is 7. The molecule has 0 saturated heterocycles.